The molecular formula is C18H14F2N2O. The summed E-state index contributed by atoms with van der Waals surface area (Å²) in [6, 6.07) is 14.7. The van der Waals surface area contributed by atoms with Gasteiger partial charge in [0.15, 0.2) is 0 Å². The van der Waals surface area contributed by atoms with Crippen LogP contribution in [-0.4, -0.2) is 6.21 Å². The molecule has 23 heavy (non-hydrogen) atoms. The minimum atomic E-state index is -0.624. The fourth-order valence-corrected chi connectivity index (χ4v) is 2.41. The van der Waals surface area contributed by atoms with Crippen LogP contribution < -0.4 is 10.6 Å². The maximum atomic E-state index is 13.7. The van der Waals surface area contributed by atoms with E-state index in [4.69, 9.17) is 10.6 Å². The van der Waals surface area contributed by atoms with Crippen molar-refractivity contribution in [1.29, 1.82) is 0 Å². The number of fused-ring (bicyclic) bond motifs is 1. The number of ether oxygens (including phenoxy) is 1. The van der Waals surface area contributed by atoms with Crippen LogP contribution in [0.1, 0.15) is 11.1 Å². The highest BCUT2D eigenvalue weighted by atomic mass is 19.1. The van der Waals surface area contributed by atoms with E-state index in [1.807, 2.05) is 30.3 Å². The zero-order valence-corrected chi connectivity index (χ0v) is 12.2. The molecule has 0 atom stereocenters. The molecule has 116 valence electrons. The first-order valence-electron chi connectivity index (χ1n) is 7.01. The van der Waals surface area contributed by atoms with Gasteiger partial charge in [-0.15, -0.1) is 0 Å². The van der Waals surface area contributed by atoms with Gasteiger partial charge in [0.2, 0.25) is 0 Å². The molecule has 3 nitrogen and oxygen atoms in total. The summed E-state index contributed by atoms with van der Waals surface area (Å²) in [4.78, 5) is 0. The van der Waals surface area contributed by atoms with Crippen molar-refractivity contribution in [2.75, 3.05) is 0 Å². The molecule has 0 aliphatic carbocycles. The van der Waals surface area contributed by atoms with Crippen molar-refractivity contribution in [1.82, 2.24) is 0 Å². The smallest absolute Gasteiger partial charge is 0.132 e. The summed E-state index contributed by atoms with van der Waals surface area (Å²) in [5, 5.41) is 5.35. The van der Waals surface area contributed by atoms with Gasteiger partial charge in [-0.3, -0.25) is 0 Å². The summed E-state index contributed by atoms with van der Waals surface area (Å²) in [6.45, 7) is 0.0143. The third-order valence-electron chi connectivity index (χ3n) is 3.53. The largest absolute Gasteiger partial charge is 0.488 e. The first kappa shape index (κ1) is 15.0. The van der Waals surface area contributed by atoms with Crippen molar-refractivity contribution in [3.05, 3.63) is 77.4 Å². The third-order valence-corrected chi connectivity index (χ3v) is 3.53. The molecule has 0 spiro atoms. The average Bonchev–Trinajstić information content (AvgIpc) is 2.56. The Balaban J connectivity index is 1.93. The van der Waals surface area contributed by atoms with Gasteiger partial charge in [0, 0.05) is 22.6 Å². The lowest BCUT2D eigenvalue weighted by Gasteiger charge is -2.11. The lowest BCUT2D eigenvalue weighted by Crippen LogP contribution is -2.00. The van der Waals surface area contributed by atoms with Gasteiger partial charge < -0.3 is 10.6 Å². The van der Waals surface area contributed by atoms with Crippen LogP contribution in [0.25, 0.3) is 10.8 Å². The molecule has 0 radical (unpaired) electrons. The Bertz CT molecular complexity index is 878. The number of nitrogens with two attached hydrogens (primary N) is 1. The molecule has 0 saturated heterocycles. The van der Waals surface area contributed by atoms with Gasteiger partial charge in [-0.05, 0) is 29.7 Å². The normalized spacial score (nSPS) is 11.2. The molecule has 0 bridgehead atoms. The van der Waals surface area contributed by atoms with E-state index in [0.29, 0.717) is 11.3 Å². The Hall–Kier alpha value is -2.95. The fraction of sp³-hybridized carbons (Fsp3) is 0.0556. The Morgan fingerprint density at radius 3 is 2.52 bits per heavy atom. The third kappa shape index (κ3) is 3.13. The van der Waals surface area contributed by atoms with Gasteiger partial charge in [-0.2, -0.15) is 5.10 Å². The number of hydrogen-bond donors (Lipinski definition) is 1. The first-order chi connectivity index (χ1) is 11.2. The molecule has 3 aromatic rings. The van der Waals surface area contributed by atoms with Crippen LogP contribution in [0.15, 0.2) is 59.7 Å². The molecule has 0 saturated carbocycles. The summed E-state index contributed by atoms with van der Waals surface area (Å²) in [6.07, 6.45) is 1.56. The summed E-state index contributed by atoms with van der Waals surface area (Å²) in [7, 11) is 0. The zero-order chi connectivity index (χ0) is 16.2. The van der Waals surface area contributed by atoms with E-state index in [-0.39, 0.29) is 6.61 Å². The van der Waals surface area contributed by atoms with E-state index in [1.54, 1.807) is 12.3 Å². The topological polar surface area (TPSA) is 47.6 Å². The maximum absolute atomic E-state index is 13.7. The Morgan fingerprint density at radius 2 is 1.78 bits per heavy atom. The second-order valence-corrected chi connectivity index (χ2v) is 5.00. The molecule has 0 aliphatic heterocycles. The lowest BCUT2D eigenvalue weighted by atomic mass is 10.0. The lowest BCUT2D eigenvalue weighted by molar-refractivity contribution is 0.303. The Morgan fingerprint density at radius 1 is 1.00 bits per heavy atom. The minimum Gasteiger partial charge on any atom is -0.488 e. The SMILES string of the molecule is NN=Cc1ccc(OCc2ccc(F)cc2F)c2ccccc12. The van der Waals surface area contributed by atoms with Gasteiger partial charge in [0.1, 0.15) is 24.0 Å². The average molecular weight is 312 g/mol. The van der Waals surface area contributed by atoms with Crippen LogP contribution in [0.5, 0.6) is 5.75 Å². The van der Waals surface area contributed by atoms with Crippen LogP contribution >= 0.6 is 0 Å². The highest BCUT2D eigenvalue weighted by Gasteiger charge is 2.08. The highest BCUT2D eigenvalue weighted by molar-refractivity contribution is 6.02. The predicted octanol–water partition coefficient (Wildman–Crippen LogP) is 3.99. The number of benzene rings is 3. The zero-order valence-electron chi connectivity index (χ0n) is 12.2. The fourth-order valence-electron chi connectivity index (χ4n) is 2.41. The van der Waals surface area contributed by atoms with Crippen LogP contribution in [0.2, 0.25) is 0 Å². The molecule has 0 heterocycles. The summed E-state index contributed by atoms with van der Waals surface area (Å²) >= 11 is 0. The molecule has 3 aromatic carbocycles. The second-order valence-electron chi connectivity index (χ2n) is 5.00. The van der Waals surface area contributed by atoms with Gasteiger partial charge >= 0.3 is 0 Å². The van der Waals surface area contributed by atoms with Gasteiger partial charge in [0.05, 0.1) is 6.21 Å². The van der Waals surface area contributed by atoms with Crippen LogP contribution in [0.3, 0.4) is 0 Å². The predicted molar refractivity (Wildman–Crippen MR) is 86.4 cm³/mol. The van der Waals surface area contributed by atoms with E-state index in [0.717, 1.165) is 22.4 Å². The summed E-state index contributed by atoms with van der Waals surface area (Å²) in [5.41, 5.74) is 1.16. The van der Waals surface area contributed by atoms with E-state index < -0.39 is 11.6 Å². The number of hydrazone groups is 1. The minimum absolute atomic E-state index is 0.0143. The Kier molecular flexibility index (Phi) is 4.19. The van der Waals surface area contributed by atoms with Crippen molar-refractivity contribution < 1.29 is 13.5 Å². The maximum Gasteiger partial charge on any atom is 0.132 e. The summed E-state index contributed by atoms with van der Waals surface area (Å²) in [5.74, 6) is 4.60. The molecule has 0 fully saturated rings. The quantitative estimate of drug-likeness (QED) is 0.450. The van der Waals surface area contributed by atoms with Crippen LogP contribution in [-0.2, 0) is 6.61 Å². The molecule has 0 aromatic heterocycles. The molecule has 3 rings (SSSR count). The first-order valence-corrected chi connectivity index (χ1v) is 7.01. The standard InChI is InChI=1S/C18H14F2N2O/c19-14-7-5-13(17(20)9-14)11-23-18-8-6-12(10-22-21)15-3-1-2-4-16(15)18/h1-10H,11,21H2. The molecule has 0 amide bonds. The van der Waals surface area contributed by atoms with Gasteiger partial charge in [-0.1, -0.05) is 24.3 Å². The molecule has 0 aliphatic rings. The monoisotopic (exact) mass is 312 g/mol. The number of halogens is 2. The second kappa shape index (κ2) is 6.44. The van der Waals surface area contributed by atoms with Crippen molar-refractivity contribution in [2.24, 2.45) is 10.9 Å². The number of hydrogen-bond acceptors (Lipinski definition) is 3. The van der Waals surface area contributed by atoms with E-state index in [2.05, 4.69) is 5.10 Å². The van der Waals surface area contributed by atoms with E-state index in [9.17, 15) is 8.78 Å². The highest BCUT2D eigenvalue weighted by Crippen LogP contribution is 2.28. The molecule has 0 unspecified atom stereocenters. The van der Waals surface area contributed by atoms with Crippen molar-refractivity contribution >= 4 is 17.0 Å². The summed E-state index contributed by atoms with van der Waals surface area (Å²) < 4.78 is 32.3. The van der Waals surface area contributed by atoms with E-state index in [1.165, 1.54) is 12.1 Å². The van der Waals surface area contributed by atoms with Gasteiger partial charge in [0.25, 0.3) is 0 Å². The van der Waals surface area contributed by atoms with Crippen molar-refractivity contribution in [2.45, 2.75) is 6.61 Å². The van der Waals surface area contributed by atoms with Crippen molar-refractivity contribution in [3.8, 4) is 5.75 Å². The number of nitrogens with zero attached hydrogens (tertiary/aromatic N) is 1. The number of rotatable bonds is 4. The molecule has 2 N–H and O–H groups in total. The van der Waals surface area contributed by atoms with E-state index >= 15 is 0 Å². The Labute approximate surface area is 132 Å². The van der Waals surface area contributed by atoms with Crippen molar-refractivity contribution in [3.63, 3.8) is 0 Å². The molecule has 5 heteroatoms. The van der Waals surface area contributed by atoms with Crippen LogP contribution in [0.4, 0.5) is 8.78 Å². The van der Waals surface area contributed by atoms with Crippen LogP contribution in [0, 0.1) is 11.6 Å². The molecular weight excluding hydrogens is 298 g/mol. The van der Waals surface area contributed by atoms with Gasteiger partial charge in [-0.25, -0.2) is 8.78 Å².